The first-order valence-corrected chi connectivity index (χ1v) is 9.80. The fraction of sp³-hybridized carbons (Fsp3) is 0.227. The molecule has 0 spiro atoms. The Morgan fingerprint density at radius 2 is 1.81 bits per heavy atom. The van der Waals surface area contributed by atoms with Gasteiger partial charge in [0.15, 0.2) is 0 Å². The molecule has 1 N–H and O–H groups in total. The van der Waals surface area contributed by atoms with Crippen LogP contribution in [0.3, 0.4) is 0 Å². The predicted molar refractivity (Wildman–Crippen MR) is 116 cm³/mol. The molecule has 3 heterocycles. The van der Waals surface area contributed by atoms with Crippen LogP contribution in [0, 0.1) is 6.92 Å². The second-order valence-electron chi connectivity index (χ2n) is 7.04. The van der Waals surface area contributed by atoms with Crippen molar-refractivity contribution in [1.29, 1.82) is 0 Å². The molecule has 0 radical (unpaired) electrons. The maximum Gasteiger partial charge on any atom is 0.343 e. The third-order valence-electron chi connectivity index (χ3n) is 5.14. The van der Waals surface area contributed by atoms with Crippen molar-refractivity contribution >= 4 is 28.6 Å². The number of pyridine rings is 1. The Morgan fingerprint density at radius 3 is 2.52 bits per heavy atom. The summed E-state index contributed by atoms with van der Waals surface area (Å²) in [5.74, 6) is -0.656. The van der Waals surface area contributed by atoms with Crippen LogP contribution in [-0.4, -0.2) is 43.0 Å². The topological polar surface area (TPSA) is 104 Å². The van der Waals surface area contributed by atoms with Gasteiger partial charge in [-0.1, -0.05) is 18.2 Å². The largest absolute Gasteiger partial charge is 0.462 e. The zero-order chi connectivity index (χ0) is 22.1. The standard InChI is InChI=1S/C22H22N6O3/c1-5-31-22(30)17-12-24-28(4)20(17)26-21(29)15-10-19(16-11-23-27(3)13(16)2)25-18-9-7-6-8-14(15)18/h6-12H,5H2,1-4H3,(H,26,29). The summed E-state index contributed by atoms with van der Waals surface area (Å²) >= 11 is 0. The molecule has 9 nitrogen and oxygen atoms in total. The summed E-state index contributed by atoms with van der Waals surface area (Å²) in [5, 5.41) is 11.9. The van der Waals surface area contributed by atoms with Crippen molar-refractivity contribution in [3.05, 3.63) is 59.5 Å². The minimum absolute atomic E-state index is 0.194. The molecule has 0 aliphatic heterocycles. The van der Waals surface area contributed by atoms with Gasteiger partial charge in [-0.3, -0.25) is 14.2 Å². The molecule has 9 heteroatoms. The van der Waals surface area contributed by atoms with Crippen molar-refractivity contribution in [2.24, 2.45) is 14.1 Å². The smallest absolute Gasteiger partial charge is 0.343 e. The summed E-state index contributed by atoms with van der Waals surface area (Å²) in [7, 11) is 3.50. The summed E-state index contributed by atoms with van der Waals surface area (Å²) < 4.78 is 8.26. The number of carbonyl (C=O) groups excluding carboxylic acids is 2. The molecule has 4 aromatic rings. The van der Waals surface area contributed by atoms with Crippen LogP contribution in [0.5, 0.6) is 0 Å². The van der Waals surface area contributed by atoms with Gasteiger partial charge in [0.1, 0.15) is 11.4 Å². The van der Waals surface area contributed by atoms with Crippen LogP contribution < -0.4 is 5.32 Å². The molecule has 0 saturated heterocycles. The van der Waals surface area contributed by atoms with Gasteiger partial charge in [-0.05, 0) is 26.0 Å². The lowest BCUT2D eigenvalue weighted by molar-refractivity contribution is 0.0527. The second-order valence-corrected chi connectivity index (χ2v) is 7.04. The number of carbonyl (C=O) groups is 2. The maximum absolute atomic E-state index is 13.3. The minimum Gasteiger partial charge on any atom is -0.462 e. The fourth-order valence-corrected chi connectivity index (χ4v) is 3.37. The highest BCUT2D eigenvalue weighted by molar-refractivity contribution is 6.14. The molecule has 0 aliphatic carbocycles. The lowest BCUT2D eigenvalue weighted by Gasteiger charge is -2.12. The SMILES string of the molecule is CCOC(=O)c1cnn(C)c1NC(=O)c1cc(-c2cnn(C)c2C)nc2ccccc12. The minimum atomic E-state index is -0.544. The van der Waals surface area contributed by atoms with E-state index in [-0.39, 0.29) is 23.9 Å². The highest BCUT2D eigenvalue weighted by atomic mass is 16.5. The van der Waals surface area contributed by atoms with Crippen LogP contribution in [-0.2, 0) is 18.8 Å². The van der Waals surface area contributed by atoms with Crippen molar-refractivity contribution in [3.8, 4) is 11.3 Å². The number of anilines is 1. The van der Waals surface area contributed by atoms with Gasteiger partial charge < -0.3 is 10.1 Å². The molecule has 0 fully saturated rings. The maximum atomic E-state index is 13.3. The van der Waals surface area contributed by atoms with E-state index in [4.69, 9.17) is 9.72 Å². The molecule has 0 aliphatic rings. The van der Waals surface area contributed by atoms with Crippen LogP contribution in [0.2, 0.25) is 0 Å². The molecule has 1 amide bonds. The van der Waals surface area contributed by atoms with Gasteiger partial charge in [0.25, 0.3) is 5.91 Å². The van der Waals surface area contributed by atoms with Crippen LogP contribution in [0.4, 0.5) is 5.82 Å². The molecule has 1 aromatic carbocycles. The van der Waals surface area contributed by atoms with Gasteiger partial charge in [-0.15, -0.1) is 0 Å². The van der Waals surface area contributed by atoms with Crippen LogP contribution in [0.15, 0.2) is 42.7 Å². The zero-order valence-electron chi connectivity index (χ0n) is 17.7. The number of fused-ring (bicyclic) bond motifs is 1. The average Bonchev–Trinajstić information content (AvgIpc) is 3.29. The quantitative estimate of drug-likeness (QED) is 0.500. The molecule has 31 heavy (non-hydrogen) atoms. The highest BCUT2D eigenvalue weighted by Crippen LogP contribution is 2.27. The van der Waals surface area contributed by atoms with Crippen molar-refractivity contribution in [2.45, 2.75) is 13.8 Å². The molecular weight excluding hydrogens is 396 g/mol. The van der Waals surface area contributed by atoms with Crippen molar-refractivity contribution < 1.29 is 14.3 Å². The van der Waals surface area contributed by atoms with Crippen molar-refractivity contribution in [3.63, 3.8) is 0 Å². The van der Waals surface area contributed by atoms with E-state index < -0.39 is 5.97 Å². The summed E-state index contributed by atoms with van der Waals surface area (Å²) in [6.45, 7) is 3.89. The van der Waals surface area contributed by atoms with Gasteiger partial charge in [-0.2, -0.15) is 10.2 Å². The predicted octanol–water partition coefficient (Wildman–Crippen LogP) is 3.11. The number of hydrogen-bond donors (Lipinski definition) is 1. The first kappa shape index (κ1) is 20.3. The van der Waals surface area contributed by atoms with Crippen LogP contribution in [0.25, 0.3) is 22.2 Å². The molecule has 4 rings (SSSR count). The number of hydrogen-bond acceptors (Lipinski definition) is 6. The molecule has 0 saturated carbocycles. The highest BCUT2D eigenvalue weighted by Gasteiger charge is 2.22. The Kier molecular flexibility index (Phi) is 5.24. The number of ether oxygens (including phenoxy) is 1. The van der Waals surface area contributed by atoms with E-state index in [0.29, 0.717) is 22.2 Å². The lowest BCUT2D eigenvalue weighted by Crippen LogP contribution is -2.18. The number of amides is 1. The van der Waals surface area contributed by atoms with Crippen molar-refractivity contribution in [2.75, 3.05) is 11.9 Å². The number of benzene rings is 1. The summed E-state index contributed by atoms with van der Waals surface area (Å²) in [6, 6.07) is 9.16. The number of aromatic nitrogens is 5. The average molecular weight is 418 g/mol. The van der Waals surface area contributed by atoms with E-state index in [1.165, 1.54) is 10.9 Å². The molecule has 158 valence electrons. The summed E-state index contributed by atoms with van der Waals surface area (Å²) in [6.07, 6.45) is 3.11. The molecule has 3 aromatic heterocycles. The first-order valence-electron chi connectivity index (χ1n) is 9.80. The van der Waals surface area contributed by atoms with Gasteiger partial charge in [0.2, 0.25) is 0 Å². The van der Waals surface area contributed by atoms with Crippen LogP contribution >= 0.6 is 0 Å². The first-order chi connectivity index (χ1) is 14.9. The van der Waals surface area contributed by atoms with E-state index in [2.05, 4.69) is 15.5 Å². The zero-order valence-corrected chi connectivity index (χ0v) is 17.7. The Bertz CT molecular complexity index is 1300. The Morgan fingerprint density at radius 1 is 1.06 bits per heavy atom. The second kappa shape index (κ2) is 8.02. The fourth-order valence-electron chi connectivity index (χ4n) is 3.37. The molecule has 0 unspecified atom stereocenters. The van der Waals surface area contributed by atoms with Gasteiger partial charge in [0, 0.05) is 30.7 Å². The number of rotatable bonds is 5. The van der Waals surface area contributed by atoms with Gasteiger partial charge >= 0.3 is 5.97 Å². The number of esters is 1. The Labute approximate surface area is 178 Å². The Balaban J connectivity index is 1.79. The number of nitrogens with zero attached hydrogens (tertiary/aromatic N) is 5. The van der Waals surface area contributed by atoms with E-state index >= 15 is 0 Å². The van der Waals surface area contributed by atoms with E-state index in [1.54, 1.807) is 30.9 Å². The van der Waals surface area contributed by atoms with E-state index in [1.807, 2.05) is 38.2 Å². The monoisotopic (exact) mass is 418 g/mol. The summed E-state index contributed by atoms with van der Waals surface area (Å²) in [5.41, 5.74) is 3.73. The number of para-hydroxylation sites is 1. The van der Waals surface area contributed by atoms with Gasteiger partial charge in [-0.25, -0.2) is 9.78 Å². The third kappa shape index (κ3) is 3.65. The van der Waals surface area contributed by atoms with E-state index in [9.17, 15) is 9.59 Å². The lowest BCUT2D eigenvalue weighted by atomic mass is 10.0. The third-order valence-corrected chi connectivity index (χ3v) is 5.14. The Hall–Kier alpha value is -4.01. The molecule has 0 bridgehead atoms. The summed E-state index contributed by atoms with van der Waals surface area (Å²) in [4.78, 5) is 30.3. The van der Waals surface area contributed by atoms with Crippen LogP contribution in [0.1, 0.15) is 33.3 Å². The number of nitrogens with one attached hydrogen (secondary N) is 1. The normalized spacial score (nSPS) is 11.0. The van der Waals surface area contributed by atoms with E-state index in [0.717, 1.165) is 11.3 Å². The van der Waals surface area contributed by atoms with Crippen molar-refractivity contribution in [1.82, 2.24) is 24.5 Å². The molecule has 0 atom stereocenters. The molecular formula is C22H22N6O3. The number of aryl methyl sites for hydroxylation is 2. The van der Waals surface area contributed by atoms with Gasteiger partial charge in [0.05, 0.1) is 35.8 Å².